The molecule has 1 rings (SSSR count). The summed E-state index contributed by atoms with van der Waals surface area (Å²) in [7, 11) is 1.42. The zero-order chi connectivity index (χ0) is 15.5. The molecule has 0 radical (unpaired) electrons. The Balaban J connectivity index is 3.23. The molecule has 0 spiro atoms. The molecule has 0 aromatic rings. The van der Waals surface area contributed by atoms with Crippen LogP contribution in [0.5, 0.6) is 0 Å². The lowest BCUT2D eigenvalue weighted by atomic mass is 10.0. The molecular formula is C12H15Br3O5. The van der Waals surface area contributed by atoms with Gasteiger partial charge < -0.3 is 14.2 Å². The predicted octanol–water partition coefficient (Wildman–Crippen LogP) is 3.38. The second-order valence-corrected chi connectivity index (χ2v) is 8.03. The second kappa shape index (κ2) is 7.38. The first kappa shape index (κ1) is 18.1. The van der Waals surface area contributed by atoms with Gasteiger partial charge in [-0.1, -0.05) is 45.2 Å². The Morgan fingerprint density at radius 2 is 2.05 bits per heavy atom. The number of ether oxygens (including phenoxy) is 3. The Labute approximate surface area is 142 Å². The Kier molecular flexibility index (Phi) is 6.69. The maximum atomic E-state index is 12.1. The summed E-state index contributed by atoms with van der Waals surface area (Å²) in [5, 5.41) is 0. The summed E-state index contributed by atoms with van der Waals surface area (Å²) in [6.07, 6.45) is 0.616. The van der Waals surface area contributed by atoms with Crippen LogP contribution in [0, 0.1) is 0 Å². The zero-order valence-corrected chi connectivity index (χ0v) is 16.0. The van der Waals surface area contributed by atoms with Crippen molar-refractivity contribution < 1.29 is 23.8 Å². The monoisotopic (exact) mass is 476 g/mol. The first-order valence-electron chi connectivity index (χ1n) is 5.94. The Morgan fingerprint density at radius 1 is 1.45 bits per heavy atom. The van der Waals surface area contributed by atoms with E-state index in [1.807, 2.05) is 6.92 Å². The van der Waals surface area contributed by atoms with Crippen LogP contribution >= 0.6 is 47.8 Å². The van der Waals surface area contributed by atoms with Crippen LogP contribution in [0.2, 0.25) is 0 Å². The Bertz CT molecular complexity index is 435. The third kappa shape index (κ3) is 3.45. The van der Waals surface area contributed by atoms with Crippen molar-refractivity contribution in [2.75, 3.05) is 7.11 Å². The van der Waals surface area contributed by atoms with Crippen LogP contribution < -0.4 is 0 Å². The van der Waals surface area contributed by atoms with E-state index in [1.54, 1.807) is 0 Å². The van der Waals surface area contributed by atoms with Crippen LogP contribution in [0.15, 0.2) is 10.1 Å². The van der Waals surface area contributed by atoms with Crippen molar-refractivity contribution in [2.24, 2.45) is 0 Å². The lowest BCUT2D eigenvalue weighted by molar-refractivity contribution is -0.183. The summed E-state index contributed by atoms with van der Waals surface area (Å²) in [6.45, 7) is 3.24. The first-order valence-corrected chi connectivity index (χ1v) is 8.56. The van der Waals surface area contributed by atoms with Gasteiger partial charge in [0.15, 0.2) is 0 Å². The molecule has 114 valence electrons. The summed E-state index contributed by atoms with van der Waals surface area (Å²) in [5.41, 5.74) is 0.271. The van der Waals surface area contributed by atoms with Gasteiger partial charge in [-0.25, -0.2) is 4.79 Å². The fraction of sp³-hybridized carbons (Fsp3) is 0.667. The normalized spacial score (nSPS) is 24.1. The molecule has 0 N–H and O–H groups in total. The SMILES string of the molecule is CCC[C@H](OC(C)=O)C1=C(Br)[C@](OC)(C(Br)Br)OC1=O. The standard InChI is InChI=1S/C12H15Br3O5/c1-4-5-7(19-6(2)16)8-9(13)12(18-3,11(14)15)20-10(8)17/h7,11H,4-5H2,1-3H3/t7-,12+/m0/s1. The lowest BCUT2D eigenvalue weighted by Gasteiger charge is -2.28. The average Bonchev–Trinajstić information content (AvgIpc) is 2.60. The number of alkyl halides is 2. The molecule has 0 fully saturated rings. The number of methoxy groups -OCH3 is 1. The molecule has 0 amide bonds. The number of halogens is 3. The van der Waals surface area contributed by atoms with E-state index in [-0.39, 0.29) is 5.57 Å². The van der Waals surface area contributed by atoms with E-state index in [4.69, 9.17) is 14.2 Å². The highest BCUT2D eigenvalue weighted by Gasteiger charge is 2.53. The number of hydrogen-bond acceptors (Lipinski definition) is 5. The van der Waals surface area contributed by atoms with Gasteiger partial charge in [-0.15, -0.1) is 0 Å². The van der Waals surface area contributed by atoms with Gasteiger partial charge >= 0.3 is 11.9 Å². The second-order valence-electron chi connectivity index (χ2n) is 4.18. The fourth-order valence-corrected chi connectivity index (χ4v) is 4.39. The smallest absolute Gasteiger partial charge is 0.341 e. The van der Waals surface area contributed by atoms with E-state index in [2.05, 4.69) is 47.8 Å². The van der Waals surface area contributed by atoms with Crippen molar-refractivity contribution in [3.63, 3.8) is 0 Å². The van der Waals surface area contributed by atoms with Gasteiger partial charge in [0.05, 0.1) is 10.1 Å². The van der Waals surface area contributed by atoms with Crippen LogP contribution in [0.25, 0.3) is 0 Å². The Morgan fingerprint density at radius 3 is 2.40 bits per heavy atom. The van der Waals surface area contributed by atoms with Crippen molar-refractivity contribution in [3.8, 4) is 0 Å². The minimum Gasteiger partial charge on any atom is -0.457 e. The average molecular weight is 479 g/mol. The van der Waals surface area contributed by atoms with Crippen molar-refractivity contribution >= 4 is 59.7 Å². The van der Waals surface area contributed by atoms with Crippen molar-refractivity contribution in [2.45, 2.75) is 42.3 Å². The molecule has 0 aromatic carbocycles. The van der Waals surface area contributed by atoms with Gasteiger partial charge in [-0.3, -0.25) is 4.79 Å². The molecule has 1 aliphatic heterocycles. The van der Waals surface area contributed by atoms with Crippen LogP contribution in [-0.4, -0.2) is 34.7 Å². The van der Waals surface area contributed by atoms with Crippen LogP contribution in [-0.2, 0) is 23.8 Å². The van der Waals surface area contributed by atoms with E-state index in [0.29, 0.717) is 10.9 Å². The fourth-order valence-electron chi connectivity index (χ4n) is 1.87. The largest absolute Gasteiger partial charge is 0.457 e. The van der Waals surface area contributed by atoms with E-state index in [0.717, 1.165) is 6.42 Å². The molecule has 8 heteroatoms. The van der Waals surface area contributed by atoms with Crippen molar-refractivity contribution in [1.82, 2.24) is 0 Å². The molecule has 1 aliphatic rings. The highest BCUT2D eigenvalue weighted by Crippen LogP contribution is 2.46. The number of carbonyl (C=O) groups excluding carboxylic acids is 2. The summed E-state index contributed by atoms with van der Waals surface area (Å²) >= 11 is 9.94. The summed E-state index contributed by atoms with van der Waals surface area (Å²) in [4.78, 5) is 23.3. The molecule has 0 unspecified atom stereocenters. The molecule has 5 nitrogen and oxygen atoms in total. The number of carbonyl (C=O) groups is 2. The molecule has 0 saturated carbocycles. The quantitative estimate of drug-likeness (QED) is 0.432. The molecule has 0 aliphatic carbocycles. The highest BCUT2D eigenvalue weighted by atomic mass is 79.9. The van der Waals surface area contributed by atoms with Crippen LogP contribution in [0.3, 0.4) is 0 Å². The minimum absolute atomic E-state index is 0.271. The summed E-state index contributed by atoms with van der Waals surface area (Å²) in [5.74, 6) is -2.33. The topological polar surface area (TPSA) is 61.8 Å². The molecular weight excluding hydrogens is 464 g/mol. The predicted molar refractivity (Wildman–Crippen MR) is 83.9 cm³/mol. The van der Waals surface area contributed by atoms with E-state index < -0.39 is 27.6 Å². The lowest BCUT2D eigenvalue weighted by Crippen LogP contribution is -2.39. The van der Waals surface area contributed by atoms with Crippen molar-refractivity contribution in [3.05, 3.63) is 10.1 Å². The summed E-state index contributed by atoms with van der Waals surface area (Å²) in [6, 6.07) is 0. The van der Waals surface area contributed by atoms with Gasteiger partial charge in [0.25, 0.3) is 5.79 Å². The highest BCUT2D eigenvalue weighted by molar-refractivity contribution is 9.24. The van der Waals surface area contributed by atoms with Crippen molar-refractivity contribution in [1.29, 1.82) is 0 Å². The number of hydrogen-bond donors (Lipinski definition) is 0. The molecule has 2 atom stereocenters. The number of rotatable bonds is 6. The van der Waals surface area contributed by atoms with Gasteiger partial charge in [-0.2, -0.15) is 0 Å². The molecule has 0 aromatic heterocycles. The minimum atomic E-state index is -1.31. The third-order valence-electron chi connectivity index (χ3n) is 2.78. The number of esters is 2. The van der Waals surface area contributed by atoms with E-state index in [9.17, 15) is 9.59 Å². The van der Waals surface area contributed by atoms with Gasteiger partial charge in [0.2, 0.25) is 0 Å². The van der Waals surface area contributed by atoms with Gasteiger partial charge in [0.1, 0.15) is 9.84 Å². The number of cyclic esters (lactones) is 1. The first-order chi connectivity index (χ1) is 9.30. The Hall–Kier alpha value is 0.0800. The van der Waals surface area contributed by atoms with Crippen LogP contribution in [0.1, 0.15) is 26.7 Å². The summed E-state index contributed by atoms with van der Waals surface area (Å²) < 4.78 is 15.8. The van der Waals surface area contributed by atoms with E-state index >= 15 is 0 Å². The van der Waals surface area contributed by atoms with Crippen LogP contribution in [0.4, 0.5) is 0 Å². The third-order valence-corrected chi connectivity index (χ3v) is 4.96. The zero-order valence-electron chi connectivity index (χ0n) is 11.2. The molecule has 1 heterocycles. The van der Waals surface area contributed by atoms with E-state index in [1.165, 1.54) is 14.0 Å². The molecule has 0 bridgehead atoms. The van der Waals surface area contributed by atoms with Gasteiger partial charge in [0, 0.05) is 14.0 Å². The molecule has 20 heavy (non-hydrogen) atoms. The maximum Gasteiger partial charge on any atom is 0.341 e. The molecule has 0 saturated heterocycles. The maximum absolute atomic E-state index is 12.1. The van der Waals surface area contributed by atoms with Gasteiger partial charge in [-0.05, 0) is 22.4 Å².